The number of carboxylic acid groups (broad SMARTS) is 1. The quantitative estimate of drug-likeness (QED) is 0.837. The van der Waals surface area contributed by atoms with Crippen molar-refractivity contribution in [3.8, 4) is 0 Å². The molecule has 0 aliphatic carbocycles. The van der Waals surface area contributed by atoms with Crippen LogP contribution in [0.5, 0.6) is 0 Å². The molecule has 1 amide bonds. The molecule has 0 radical (unpaired) electrons. The minimum Gasteiger partial charge on any atom is -0.480 e. The highest BCUT2D eigenvalue weighted by molar-refractivity contribution is 9.10. The monoisotopic (exact) mass is 315 g/mol. The molecule has 0 saturated heterocycles. The molecule has 0 aromatic heterocycles. The number of carbonyl (C=O) groups is 2. The van der Waals surface area contributed by atoms with Crippen molar-refractivity contribution in [2.24, 2.45) is 0 Å². The number of hydrogen-bond acceptors (Lipinski definition) is 2. The maximum atomic E-state index is 13.3. The Kier molecular flexibility index (Phi) is 5.03. The van der Waals surface area contributed by atoms with E-state index in [1.807, 2.05) is 0 Å². The number of aliphatic carboxylic acids is 1. The molecule has 1 aromatic rings. The maximum Gasteiger partial charge on any atom is 0.325 e. The van der Waals surface area contributed by atoms with Gasteiger partial charge in [-0.05, 0) is 31.2 Å². The van der Waals surface area contributed by atoms with Gasteiger partial charge in [0.25, 0.3) is 0 Å². The van der Waals surface area contributed by atoms with Crippen LogP contribution in [0.2, 0.25) is 0 Å². The van der Waals surface area contributed by atoms with Crippen LogP contribution in [-0.2, 0) is 9.59 Å². The SMILES string of the molecule is C[C@@H](NC(=O)/C=C/c1cc(Br)ccc1F)C(=O)O. The predicted octanol–water partition coefficient (Wildman–Crippen LogP) is 2.19. The van der Waals surface area contributed by atoms with Gasteiger partial charge in [-0.3, -0.25) is 9.59 Å². The smallest absolute Gasteiger partial charge is 0.325 e. The van der Waals surface area contributed by atoms with E-state index in [0.29, 0.717) is 4.47 Å². The first-order valence-corrected chi connectivity index (χ1v) is 5.86. The fraction of sp³-hybridized carbons (Fsp3) is 0.167. The first-order valence-electron chi connectivity index (χ1n) is 5.06. The summed E-state index contributed by atoms with van der Waals surface area (Å²) in [5.74, 6) is -2.19. The number of carbonyl (C=O) groups excluding carboxylic acids is 1. The van der Waals surface area contributed by atoms with Gasteiger partial charge >= 0.3 is 5.97 Å². The summed E-state index contributed by atoms with van der Waals surface area (Å²) in [4.78, 5) is 21.8. The van der Waals surface area contributed by atoms with E-state index in [-0.39, 0.29) is 5.56 Å². The van der Waals surface area contributed by atoms with Crippen molar-refractivity contribution in [2.75, 3.05) is 0 Å². The van der Waals surface area contributed by atoms with E-state index in [1.165, 1.54) is 25.1 Å². The summed E-state index contributed by atoms with van der Waals surface area (Å²) in [6, 6.07) is 3.33. The topological polar surface area (TPSA) is 66.4 Å². The Balaban J connectivity index is 2.72. The Morgan fingerprint density at radius 1 is 1.50 bits per heavy atom. The molecule has 0 spiro atoms. The van der Waals surface area contributed by atoms with Gasteiger partial charge in [-0.25, -0.2) is 4.39 Å². The Morgan fingerprint density at radius 2 is 2.17 bits per heavy atom. The lowest BCUT2D eigenvalue weighted by molar-refractivity contribution is -0.140. The molecule has 0 saturated carbocycles. The van der Waals surface area contributed by atoms with Crippen LogP contribution in [0, 0.1) is 5.82 Å². The first kappa shape index (κ1) is 14.4. The van der Waals surface area contributed by atoms with Crippen molar-refractivity contribution in [1.29, 1.82) is 0 Å². The van der Waals surface area contributed by atoms with Crippen LogP contribution in [0.3, 0.4) is 0 Å². The predicted molar refractivity (Wildman–Crippen MR) is 68.4 cm³/mol. The van der Waals surface area contributed by atoms with Gasteiger partial charge in [0, 0.05) is 16.1 Å². The second-order valence-electron chi connectivity index (χ2n) is 3.57. The molecule has 0 unspecified atom stereocenters. The zero-order valence-corrected chi connectivity index (χ0v) is 11.1. The lowest BCUT2D eigenvalue weighted by Crippen LogP contribution is -2.37. The second kappa shape index (κ2) is 6.30. The molecule has 4 nitrogen and oxygen atoms in total. The Labute approximate surface area is 112 Å². The summed E-state index contributed by atoms with van der Waals surface area (Å²) in [6.45, 7) is 1.34. The summed E-state index contributed by atoms with van der Waals surface area (Å²) < 4.78 is 14.0. The van der Waals surface area contributed by atoms with Gasteiger partial charge < -0.3 is 10.4 Å². The minimum atomic E-state index is -1.13. The lowest BCUT2D eigenvalue weighted by Gasteiger charge is -2.06. The average molecular weight is 316 g/mol. The number of amides is 1. The van der Waals surface area contributed by atoms with Crippen LogP contribution in [0.1, 0.15) is 12.5 Å². The summed E-state index contributed by atoms with van der Waals surface area (Å²) in [5, 5.41) is 10.8. The number of hydrogen-bond donors (Lipinski definition) is 2. The van der Waals surface area contributed by atoms with Crippen LogP contribution in [0.15, 0.2) is 28.7 Å². The number of benzene rings is 1. The normalized spacial score (nSPS) is 12.4. The van der Waals surface area contributed by atoms with E-state index < -0.39 is 23.7 Å². The Hall–Kier alpha value is -1.69. The fourth-order valence-electron chi connectivity index (χ4n) is 1.13. The van der Waals surface area contributed by atoms with Gasteiger partial charge in [0.05, 0.1) is 0 Å². The average Bonchev–Trinajstić information content (AvgIpc) is 2.30. The molecule has 6 heteroatoms. The zero-order chi connectivity index (χ0) is 13.7. The van der Waals surface area contributed by atoms with Crippen LogP contribution < -0.4 is 5.32 Å². The van der Waals surface area contributed by atoms with Crippen molar-refractivity contribution in [3.63, 3.8) is 0 Å². The number of halogens is 2. The summed E-state index contributed by atoms with van der Waals surface area (Å²) in [7, 11) is 0. The molecule has 0 aliphatic heterocycles. The molecule has 0 heterocycles. The van der Waals surface area contributed by atoms with E-state index in [2.05, 4.69) is 21.2 Å². The first-order chi connectivity index (χ1) is 8.40. The van der Waals surface area contributed by atoms with Gasteiger partial charge in [0.15, 0.2) is 0 Å². The van der Waals surface area contributed by atoms with Crippen molar-refractivity contribution < 1.29 is 19.1 Å². The molecule has 18 heavy (non-hydrogen) atoms. The molecule has 1 aromatic carbocycles. The Bertz CT molecular complexity index is 502. The van der Waals surface area contributed by atoms with Crippen molar-refractivity contribution in [3.05, 3.63) is 40.1 Å². The van der Waals surface area contributed by atoms with Gasteiger partial charge in [-0.2, -0.15) is 0 Å². The van der Waals surface area contributed by atoms with E-state index in [9.17, 15) is 14.0 Å². The highest BCUT2D eigenvalue weighted by Gasteiger charge is 2.11. The van der Waals surface area contributed by atoms with Crippen LogP contribution >= 0.6 is 15.9 Å². The fourth-order valence-corrected chi connectivity index (χ4v) is 1.51. The van der Waals surface area contributed by atoms with Gasteiger partial charge in [0.1, 0.15) is 11.9 Å². The molecular weight excluding hydrogens is 305 g/mol. The van der Waals surface area contributed by atoms with Gasteiger partial charge in [-0.15, -0.1) is 0 Å². The van der Waals surface area contributed by atoms with E-state index in [0.717, 1.165) is 6.08 Å². The summed E-state index contributed by atoms with van der Waals surface area (Å²) in [6.07, 6.45) is 2.37. The lowest BCUT2D eigenvalue weighted by atomic mass is 10.2. The third kappa shape index (κ3) is 4.29. The van der Waals surface area contributed by atoms with Crippen LogP contribution in [0.4, 0.5) is 4.39 Å². The van der Waals surface area contributed by atoms with Crippen LogP contribution in [0.25, 0.3) is 6.08 Å². The summed E-state index contributed by atoms with van der Waals surface area (Å²) >= 11 is 3.18. The Morgan fingerprint density at radius 3 is 2.78 bits per heavy atom. The van der Waals surface area contributed by atoms with Gasteiger partial charge in [-0.1, -0.05) is 15.9 Å². The van der Waals surface area contributed by atoms with Crippen molar-refractivity contribution in [2.45, 2.75) is 13.0 Å². The molecule has 1 atom stereocenters. The third-order valence-corrected chi connectivity index (χ3v) is 2.59. The number of rotatable bonds is 4. The molecule has 96 valence electrons. The molecule has 0 aliphatic rings. The van der Waals surface area contributed by atoms with Crippen LogP contribution in [-0.4, -0.2) is 23.0 Å². The maximum absolute atomic E-state index is 13.3. The second-order valence-corrected chi connectivity index (χ2v) is 4.48. The van der Waals surface area contributed by atoms with Crippen molar-refractivity contribution in [1.82, 2.24) is 5.32 Å². The highest BCUT2D eigenvalue weighted by atomic mass is 79.9. The standard InChI is InChI=1S/C12H11BrFNO3/c1-7(12(17)18)15-11(16)5-2-8-6-9(13)3-4-10(8)14/h2-7H,1H3,(H,15,16)(H,17,18)/b5-2+/t7-/m1/s1. The molecule has 0 bridgehead atoms. The van der Waals surface area contributed by atoms with E-state index in [4.69, 9.17) is 5.11 Å². The van der Waals surface area contributed by atoms with Crippen molar-refractivity contribution >= 4 is 33.9 Å². The summed E-state index contributed by atoms with van der Waals surface area (Å²) in [5.41, 5.74) is 0.238. The van der Waals surface area contributed by atoms with E-state index >= 15 is 0 Å². The minimum absolute atomic E-state index is 0.238. The zero-order valence-electron chi connectivity index (χ0n) is 9.48. The third-order valence-electron chi connectivity index (χ3n) is 2.10. The molecular formula is C12H11BrFNO3. The largest absolute Gasteiger partial charge is 0.480 e. The number of nitrogens with one attached hydrogen (secondary N) is 1. The van der Waals surface area contributed by atoms with Gasteiger partial charge in [0.2, 0.25) is 5.91 Å². The van der Waals surface area contributed by atoms with E-state index in [1.54, 1.807) is 6.07 Å². The molecule has 0 fully saturated rings. The number of carboxylic acids is 1. The molecule has 2 N–H and O–H groups in total. The molecule has 1 rings (SSSR count). The highest BCUT2D eigenvalue weighted by Crippen LogP contribution is 2.16.